The van der Waals surface area contributed by atoms with E-state index in [1.165, 1.54) is 0 Å². The Morgan fingerprint density at radius 3 is 2.48 bits per heavy atom. The second-order valence-corrected chi connectivity index (χ2v) is 6.40. The number of urea groups is 1. The fourth-order valence-electron chi connectivity index (χ4n) is 3.54. The fraction of sp³-hybridized carbons (Fsp3) is 0.867. The van der Waals surface area contributed by atoms with Crippen molar-refractivity contribution in [2.45, 2.75) is 51.1 Å². The predicted octanol–water partition coefficient (Wildman–Crippen LogP) is 1.46. The zero-order valence-corrected chi connectivity index (χ0v) is 13.1. The quantitative estimate of drug-likeness (QED) is 0.856. The molecule has 0 aromatic heterocycles. The molecule has 1 saturated carbocycles. The van der Waals surface area contributed by atoms with Crippen LogP contribution in [0.5, 0.6) is 0 Å². The maximum Gasteiger partial charge on any atom is 0.323 e. The number of nitrogens with zero attached hydrogens (tertiary/aromatic N) is 3. The lowest BCUT2D eigenvalue weighted by atomic mass is 10.2. The first-order valence-electron chi connectivity index (χ1n) is 7.96. The van der Waals surface area contributed by atoms with Crippen molar-refractivity contribution >= 4 is 12.0 Å². The van der Waals surface area contributed by atoms with E-state index in [9.17, 15) is 9.59 Å². The number of amides is 2. The van der Waals surface area contributed by atoms with Gasteiger partial charge in [-0.05, 0) is 39.8 Å². The standard InChI is InChI=1S/C15H27N3O3/c1-12-10-16(2)8-5-9-17(12)15(21)18(11-14(19)20)13-6-3-4-7-13/h12-13H,3-11H2,1-2H3,(H,19,20). The lowest BCUT2D eigenvalue weighted by molar-refractivity contribution is -0.138. The van der Waals surface area contributed by atoms with E-state index in [-0.39, 0.29) is 24.7 Å². The van der Waals surface area contributed by atoms with Crippen LogP contribution in [0.25, 0.3) is 0 Å². The highest BCUT2D eigenvalue weighted by Crippen LogP contribution is 2.25. The minimum absolute atomic E-state index is 0.0906. The Balaban J connectivity index is 2.10. The fourth-order valence-corrected chi connectivity index (χ4v) is 3.54. The number of hydrogen-bond acceptors (Lipinski definition) is 3. The molecule has 21 heavy (non-hydrogen) atoms. The van der Waals surface area contributed by atoms with E-state index in [2.05, 4.69) is 11.9 Å². The van der Waals surface area contributed by atoms with Gasteiger partial charge in [-0.2, -0.15) is 0 Å². The molecule has 1 saturated heterocycles. The average molecular weight is 297 g/mol. The van der Waals surface area contributed by atoms with Crippen molar-refractivity contribution in [3.63, 3.8) is 0 Å². The molecule has 1 aliphatic carbocycles. The van der Waals surface area contributed by atoms with E-state index in [4.69, 9.17) is 5.11 Å². The number of rotatable bonds is 3. The summed E-state index contributed by atoms with van der Waals surface area (Å²) in [6, 6.07) is 0.136. The summed E-state index contributed by atoms with van der Waals surface area (Å²) in [5, 5.41) is 9.13. The van der Waals surface area contributed by atoms with E-state index in [1.54, 1.807) is 4.90 Å². The van der Waals surface area contributed by atoms with Crippen LogP contribution in [0.1, 0.15) is 39.0 Å². The van der Waals surface area contributed by atoms with Gasteiger partial charge in [0.05, 0.1) is 0 Å². The average Bonchev–Trinajstić information content (AvgIpc) is 2.88. The molecule has 2 fully saturated rings. The largest absolute Gasteiger partial charge is 0.480 e. The van der Waals surface area contributed by atoms with Crippen molar-refractivity contribution in [1.29, 1.82) is 0 Å². The molecule has 1 unspecified atom stereocenters. The molecular formula is C15H27N3O3. The minimum atomic E-state index is -0.921. The first-order chi connectivity index (χ1) is 9.99. The number of carbonyl (C=O) groups is 2. The number of carboxylic acid groups (broad SMARTS) is 1. The molecule has 6 nitrogen and oxygen atoms in total. The summed E-state index contributed by atoms with van der Waals surface area (Å²) in [6.45, 7) is 4.41. The summed E-state index contributed by atoms with van der Waals surface area (Å²) >= 11 is 0. The van der Waals surface area contributed by atoms with Gasteiger partial charge in [0.25, 0.3) is 0 Å². The summed E-state index contributed by atoms with van der Waals surface area (Å²) in [5.74, 6) is -0.921. The van der Waals surface area contributed by atoms with Crippen molar-refractivity contribution in [2.75, 3.05) is 33.2 Å². The molecule has 1 atom stereocenters. The van der Waals surface area contributed by atoms with Crippen molar-refractivity contribution in [2.24, 2.45) is 0 Å². The zero-order chi connectivity index (χ0) is 15.4. The second kappa shape index (κ2) is 7.11. The molecule has 2 aliphatic rings. The number of hydrogen-bond donors (Lipinski definition) is 1. The van der Waals surface area contributed by atoms with Gasteiger partial charge in [0.2, 0.25) is 0 Å². The lowest BCUT2D eigenvalue weighted by Gasteiger charge is -2.36. The first-order valence-corrected chi connectivity index (χ1v) is 7.96. The van der Waals surface area contributed by atoms with Crippen molar-refractivity contribution in [3.05, 3.63) is 0 Å². The summed E-state index contributed by atoms with van der Waals surface area (Å²) in [7, 11) is 2.07. The summed E-state index contributed by atoms with van der Waals surface area (Å²) in [6.07, 6.45) is 4.99. The Hall–Kier alpha value is -1.30. The van der Waals surface area contributed by atoms with E-state index in [0.29, 0.717) is 6.54 Å². The van der Waals surface area contributed by atoms with E-state index >= 15 is 0 Å². The molecule has 0 radical (unpaired) electrons. The smallest absolute Gasteiger partial charge is 0.323 e. The third kappa shape index (κ3) is 4.09. The molecule has 0 spiro atoms. The highest BCUT2D eigenvalue weighted by Gasteiger charge is 2.34. The van der Waals surface area contributed by atoms with Crippen LogP contribution in [-0.4, -0.2) is 77.1 Å². The molecule has 2 rings (SSSR count). The Kier molecular flexibility index (Phi) is 5.45. The summed E-state index contributed by atoms with van der Waals surface area (Å²) < 4.78 is 0. The molecule has 120 valence electrons. The van der Waals surface area contributed by atoms with E-state index in [1.807, 2.05) is 11.8 Å². The number of likely N-dealkylation sites (N-methyl/N-ethyl adjacent to an activating group) is 1. The maximum atomic E-state index is 12.9. The number of carbonyl (C=O) groups excluding carboxylic acids is 1. The van der Waals surface area contributed by atoms with Crippen molar-refractivity contribution < 1.29 is 14.7 Å². The van der Waals surface area contributed by atoms with Gasteiger partial charge in [0, 0.05) is 25.2 Å². The molecule has 6 heteroatoms. The van der Waals surface area contributed by atoms with Crippen LogP contribution < -0.4 is 0 Å². The maximum absolute atomic E-state index is 12.9. The van der Waals surface area contributed by atoms with Gasteiger partial charge >= 0.3 is 12.0 Å². The van der Waals surface area contributed by atoms with Crippen LogP contribution >= 0.6 is 0 Å². The molecule has 1 aliphatic heterocycles. The normalized spacial score (nSPS) is 24.9. The molecule has 2 amide bonds. The van der Waals surface area contributed by atoms with Gasteiger partial charge in [-0.15, -0.1) is 0 Å². The van der Waals surface area contributed by atoms with Crippen LogP contribution in [0.3, 0.4) is 0 Å². The van der Waals surface area contributed by atoms with Gasteiger partial charge in [0.1, 0.15) is 6.54 Å². The molecule has 0 aromatic carbocycles. The molecule has 0 aromatic rings. The van der Waals surface area contributed by atoms with Crippen LogP contribution in [0, 0.1) is 0 Å². The highest BCUT2D eigenvalue weighted by molar-refractivity contribution is 5.80. The van der Waals surface area contributed by atoms with Crippen LogP contribution in [-0.2, 0) is 4.79 Å². The SMILES string of the molecule is CC1CN(C)CCCN1C(=O)N(CC(=O)O)C1CCCC1. The number of carboxylic acids is 1. The second-order valence-electron chi connectivity index (χ2n) is 6.40. The Bertz CT molecular complexity index is 382. The van der Waals surface area contributed by atoms with Crippen molar-refractivity contribution in [1.82, 2.24) is 14.7 Å². The summed E-state index contributed by atoms with van der Waals surface area (Å²) in [4.78, 5) is 29.7. The molecule has 0 bridgehead atoms. The first kappa shape index (κ1) is 16.1. The third-order valence-electron chi connectivity index (χ3n) is 4.61. The summed E-state index contributed by atoms with van der Waals surface area (Å²) in [5.41, 5.74) is 0. The molecule has 1 N–H and O–H groups in total. The number of aliphatic carboxylic acids is 1. The van der Waals surface area contributed by atoms with Crippen molar-refractivity contribution in [3.8, 4) is 0 Å². The van der Waals surface area contributed by atoms with Gasteiger partial charge < -0.3 is 19.8 Å². The Labute approximate surface area is 126 Å². The molecular weight excluding hydrogens is 270 g/mol. The minimum Gasteiger partial charge on any atom is -0.480 e. The van der Waals surface area contributed by atoms with Crippen LogP contribution in [0.15, 0.2) is 0 Å². The van der Waals surface area contributed by atoms with Gasteiger partial charge in [-0.3, -0.25) is 4.79 Å². The van der Waals surface area contributed by atoms with Gasteiger partial charge in [-0.25, -0.2) is 4.79 Å². The van der Waals surface area contributed by atoms with E-state index < -0.39 is 5.97 Å². The topological polar surface area (TPSA) is 64.1 Å². The van der Waals surface area contributed by atoms with Crippen LogP contribution in [0.4, 0.5) is 4.79 Å². The predicted molar refractivity (Wildman–Crippen MR) is 80.3 cm³/mol. The zero-order valence-electron chi connectivity index (χ0n) is 13.1. The Morgan fingerprint density at radius 1 is 1.19 bits per heavy atom. The molecule has 1 heterocycles. The lowest BCUT2D eigenvalue weighted by Crippen LogP contribution is -2.53. The van der Waals surface area contributed by atoms with Gasteiger partial charge in [0.15, 0.2) is 0 Å². The third-order valence-corrected chi connectivity index (χ3v) is 4.61. The van der Waals surface area contributed by atoms with Crippen LogP contribution in [0.2, 0.25) is 0 Å². The van der Waals surface area contributed by atoms with E-state index in [0.717, 1.165) is 45.2 Å². The monoisotopic (exact) mass is 297 g/mol. The highest BCUT2D eigenvalue weighted by atomic mass is 16.4. The Morgan fingerprint density at radius 2 is 1.86 bits per heavy atom. The van der Waals surface area contributed by atoms with Gasteiger partial charge in [-0.1, -0.05) is 12.8 Å².